The van der Waals surface area contributed by atoms with Crippen LogP contribution in [0.3, 0.4) is 0 Å². The second-order valence-corrected chi connectivity index (χ2v) is 6.19. The Balaban J connectivity index is 1.71. The van der Waals surface area contributed by atoms with Crippen LogP contribution in [0, 0.1) is 0 Å². The smallest absolute Gasteiger partial charge is 0.123 e. The number of fused-ring (bicyclic) bond motifs is 1. The van der Waals surface area contributed by atoms with Crippen LogP contribution in [-0.2, 0) is 6.42 Å². The first kappa shape index (κ1) is 13.7. The van der Waals surface area contributed by atoms with E-state index in [0.29, 0.717) is 12.5 Å². The molecule has 20 heavy (non-hydrogen) atoms. The monoisotopic (exact) mass is 331 g/mol. The molecule has 0 fully saturated rings. The lowest BCUT2D eigenvalue weighted by Crippen LogP contribution is -2.22. The van der Waals surface area contributed by atoms with Crippen molar-refractivity contribution in [3.63, 3.8) is 0 Å². The maximum Gasteiger partial charge on any atom is 0.123 e. The molecular formula is C17H18BrNO. The van der Waals surface area contributed by atoms with Gasteiger partial charge in [-0.15, -0.1) is 0 Å². The molecule has 0 aromatic heterocycles. The van der Waals surface area contributed by atoms with E-state index in [1.165, 1.54) is 11.1 Å². The van der Waals surface area contributed by atoms with Gasteiger partial charge in [-0.2, -0.15) is 0 Å². The molecular weight excluding hydrogens is 314 g/mol. The second kappa shape index (κ2) is 5.98. The van der Waals surface area contributed by atoms with Crippen LogP contribution >= 0.6 is 15.9 Å². The largest absolute Gasteiger partial charge is 0.490 e. The topological polar surface area (TPSA) is 35.2 Å². The predicted molar refractivity (Wildman–Crippen MR) is 85.1 cm³/mol. The summed E-state index contributed by atoms with van der Waals surface area (Å²) in [5, 5.41) is 0. The quantitative estimate of drug-likeness (QED) is 0.922. The molecule has 2 unspecified atom stereocenters. The van der Waals surface area contributed by atoms with Gasteiger partial charge in [0.1, 0.15) is 11.9 Å². The minimum atomic E-state index is 0.236. The van der Waals surface area contributed by atoms with Crippen molar-refractivity contribution in [3.8, 4) is 5.75 Å². The van der Waals surface area contributed by atoms with E-state index in [1.54, 1.807) is 0 Å². The van der Waals surface area contributed by atoms with E-state index in [2.05, 4.69) is 46.3 Å². The highest BCUT2D eigenvalue weighted by Crippen LogP contribution is 2.33. The second-order valence-electron chi connectivity index (χ2n) is 5.28. The molecule has 0 aliphatic carbocycles. The first-order valence-electron chi connectivity index (χ1n) is 6.96. The van der Waals surface area contributed by atoms with Gasteiger partial charge in [-0.25, -0.2) is 0 Å². The lowest BCUT2D eigenvalue weighted by Gasteiger charge is -2.19. The van der Waals surface area contributed by atoms with Gasteiger partial charge >= 0.3 is 0 Å². The normalized spacial score (nSPS) is 18.4. The van der Waals surface area contributed by atoms with Gasteiger partial charge in [0.2, 0.25) is 0 Å². The van der Waals surface area contributed by atoms with Crippen molar-refractivity contribution in [2.75, 3.05) is 6.54 Å². The molecule has 3 heteroatoms. The fraction of sp³-hybridized carbons (Fsp3) is 0.294. The molecule has 3 rings (SSSR count). The van der Waals surface area contributed by atoms with Gasteiger partial charge in [0.25, 0.3) is 0 Å². The number of rotatable bonds is 4. The SMILES string of the molecule is NCC(CC1Cc2ccccc2O1)c1cccc(Br)c1. The van der Waals surface area contributed by atoms with E-state index < -0.39 is 0 Å². The molecule has 2 aromatic rings. The molecule has 1 heterocycles. The Labute approximate surface area is 128 Å². The van der Waals surface area contributed by atoms with Gasteiger partial charge < -0.3 is 10.5 Å². The summed E-state index contributed by atoms with van der Waals surface area (Å²) in [4.78, 5) is 0. The van der Waals surface area contributed by atoms with E-state index >= 15 is 0 Å². The summed E-state index contributed by atoms with van der Waals surface area (Å²) in [6.45, 7) is 0.645. The third kappa shape index (κ3) is 2.89. The van der Waals surface area contributed by atoms with Gasteiger partial charge in [0, 0.05) is 10.9 Å². The van der Waals surface area contributed by atoms with Crippen molar-refractivity contribution < 1.29 is 4.74 Å². The average Bonchev–Trinajstić information content (AvgIpc) is 2.87. The van der Waals surface area contributed by atoms with Crippen molar-refractivity contribution in [2.24, 2.45) is 5.73 Å². The van der Waals surface area contributed by atoms with Gasteiger partial charge in [0.15, 0.2) is 0 Å². The molecule has 0 spiro atoms. The molecule has 2 aromatic carbocycles. The Bertz CT molecular complexity index is 574. The molecule has 0 bridgehead atoms. The highest BCUT2D eigenvalue weighted by molar-refractivity contribution is 9.10. The molecule has 0 saturated carbocycles. The lowest BCUT2D eigenvalue weighted by molar-refractivity contribution is 0.210. The molecule has 0 saturated heterocycles. The molecule has 2 N–H and O–H groups in total. The minimum absolute atomic E-state index is 0.236. The zero-order valence-corrected chi connectivity index (χ0v) is 12.8. The number of hydrogen-bond donors (Lipinski definition) is 1. The number of para-hydroxylation sites is 1. The molecule has 1 aliphatic heterocycles. The summed E-state index contributed by atoms with van der Waals surface area (Å²) in [5.41, 5.74) is 8.55. The molecule has 2 nitrogen and oxygen atoms in total. The summed E-state index contributed by atoms with van der Waals surface area (Å²) < 4.78 is 7.12. The van der Waals surface area contributed by atoms with Crippen LogP contribution in [0.4, 0.5) is 0 Å². The maximum atomic E-state index is 6.02. The number of nitrogens with two attached hydrogens (primary N) is 1. The fourth-order valence-corrected chi connectivity index (χ4v) is 3.25. The maximum absolute atomic E-state index is 6.02. The lowest BCUT2D eigenvalue weighted by atomic mass is 9.92. The fourth-order valence-electron chi connectivity index (χ4n) is 2.83. The van der Waals surface area contributed by atoms with E-state index in [4.69, 9.17) is 10.5 Å². The number of ether oxygens (including phenoxy) is 1. The molecule has 0 radical (unpaired) electrons. The number of benzene rings is 2. The number of hydrogen-bond acceptors (Lipinski definition) is 2. The zero-order chi connectivity index (χ0) is 13.9. The van der Waals surface area contributed by atoms with E-state index in [9.17, 15) is 0 Å². The average molecular weight is 332 g/mol. The predicted octanol–water partition coefficient (Wildman–Crippen LogP) is 3.89. The van der Waals surface area contributed by atoms with Crippen LogP contribution in [0.5, 0.6) is 5.75 Å². The molecule has 0 amide bonds. The standard InChI is InChI=1S/C17H18BrNO/c18-15-6-3-5-12(8-15)14(11-19)10-16-9-13-4-1-2-7-17(13)20-16/h1-8,14,16H,9-11,19H2. The summed E-state index contributed by atoms with van der Waals surface area (Å²) in [7, 11) is 0. The molecule has 2 atom stereocenters. The van der Waals surface area contributed by atoms with E-state index in [0.717, 1.165) is 23.1 Å². The van der Waals surface area contributed by atoms with Gasteiger partial charge in [-0.1, -0.05) is 46.3 Å². The Hall–Kier alpha value is -1.32. The molecule has 1 aliphatic rings. The van der Waals surface area contributed by atoms with Crippen LogP contribution < -0.4 is 10.5 Å². The van der Waals surface area contributed by atoms with Crippen LogP contribution in [0.2, 0.25) is 0 Å². The Kier molecular flexibility index (Phi) is 4.08. The van der Waals surface area contributed by atoms with E-state index in [-0.39, 0.29) is 6.10 Å². The zero-order valence-electron chi connectivity index (χ0n) is 11.3. The first-order valence-corrected chi connectivity index (χ1v) is 7.75. The van der Waals surface area contributed by atoms with Crippen molar-refractivity contribution in [3.05, 3.63) is 64.1 Å². The highest BCUT2D eigenvalue weighted by atomic mass is 79.9. The van der Waals surface area contributed by atoms with Gasteiger partial charge in [-0.3, -0.25) is 0 Å². The first-order chi connectivity index (χ1) is 9.76. The Morgan fingerprint density at radius 1 is 1.20 bits per heavy atom. The summed E-state index contributed by atoms with van der Waals surface area (Å²) in [5.74, 6) is 1.37. The van der Waals surface area contributed by atoms with Crippen LogP contribution in [0.1, 0.15) is 23.5 Å². The third-order valence-corrected chi connectivity index (χ3v) is 4.36. The summed E-state index contributed by atoms with van der Waals surface area (Å²) in [6, 6.07) is 16.7. The van der Waals surface area contributed by atoms with Crippen molar-refractivity contribution >= 4 is 15.9 Å². The van der Waals surface area contributed by atoms with Gasteiger partial charge in [0.05, 0.1) is 0 Å². The summed E-state index contributed by atoms with van der Waals surface area (Å²) in [6.07, 6.45) is 2.18. The van der Waals surface area contributed by atoms with Crippen LogP contribution in [0.25, 0.3) is 0 Å². The Morgan fingerprint density at radius 3 is 2.80 bits per heavy atom. The highest BCUT2D eigenvalue weighted by Gasteiger charge is 2.25. The van der Waals surface area contributed by atoms with Crippen molar-refractivity contribution in [2.45, 2.75) is 24.9 Å². The number of halogens is 1. The minimum Gasteiger partial charge on any atom is -0.490 e. The van der Waals surface area contributed by atoms with Crippen LogP contribution in [-0.4, -0.2) is 12.6 Å². The van der Waals surface area contributed by atoms with E-state index in [1.807, 2.05) is 18.2 Å². The van der Waals surface area contributed by atoms with Crippen molar-refractivity contribution in [1.29, 1.82) is 0 Å². The van der Waals surface area contributed by atoms with Crippen molar-refractivity contribution in [1.82, 2.24) is 0 Å². The van der Waals surface area contributed by atoms with Crippen LogP contribution in [0.15, 0.2) is 53.0 Å². The molecule has 104 valence electrons. The van der Waals surface area contributed by atoms with Gasteiger partial charge in [-0.05, 0) is 48.2 Å². The summed E-state index contributed by atoms with van der Waals surface area (Å²) >= 11 is 3.52. The Morgan fingerprint density at radius 2 is 2.05 bits per heavy atom. The third-order valence-electron chi connectivity index (χ3n) is 3.87.